The average molecular weight is 274 g/mol. The molecule has 0 saturated carbocycles. The Hall–Kier alpha value is -0.860. The molecular weight excluding hydrogens is 244 g/mol. The number of rotatable bonds is 4. The van der Waals surface area contributed by atoms with Gasteiger partial charge in [-0.25, -0.2) is 0 Å². The highest BCUT2D eigenvalue weighted by Crippen LogP contribution is 2.33. The lowest BCUT2D eigenvalue weighted by Gasteiger charge is -2.34. The van der Waals surface area contributed by atoms with Gasteiger partial charge in [-0.1, -0.05) is 13.0 Å². The Labute approximate surface area is 124 Å². The molecule has 112 valence electrons. The minimum atomic E-state index is 0.482. The highest BCUT2D eigenvalue weighted by molar-refractivity contribution is 5.46. The Morgan fingerprint density at radius 3 is 2.00 bits per heavy atom. The van der Waals surface area contributed by atoms with Crippen LogP contribution in [0.5, 0.6) is 0 Å². The van der Waals surface area contributed by atoms with Crippen molar-refractivity contribution in [1.82, 2.24) is 4.90 Å². The van der Waals surface area contributed by atoms with Gasteiger partial charge in [0.1, 0.15) is 0 Å². The number of nitrogens with two attached hydrogens (primary N) is 1. The number of aryl methyl sites for hydroxylation is 2. The van der Waals surface area contributed by atoms with E-state index < -0.39 is 0 Å². The first kappa shape index (κ1) is 15.5. The van der Waals surface area contributed by atoms with Gasteiger partial charge >= 0.3 is 0 Å². The molecule has 1 fully saturated rings. The molecule has 1 aromatic rings. The molecule has 0 spiro atoms. The van der Waals surface area contributed by atoms with Crippen LogP contribution < -0.4 is 5.73 Å². The number of hydrogen-bond donors (Lipinski definition) is 1. The molecule has 2 N–H and O–H groups in total. The largest absolute Gasteiger partial charge is 0.329 e. The zero-order chi connectivity index (χ0) is 14.9. The standard InChI is InChI=1S/C18H30N2/c1-12-10-13(2)15(4)18(14(12)3)16(5)17(11-19)20-8-6-7-9-20/h10,16-17H,6-9,11,19H2,1-5H3. The van der Waals surface area contributed by atoms with E-state index in [-0.39, 0.29) is 0 Å². The fraction of sp³-hybridized carbons (Fsp3) is 0.667. The van der Waals surface area contributed by atoms with Gasteiger partial charge in [-0.2, -0.15) is 0 Å². The number of hydrogen-bond acceptors (Lipinski definition) is 2. The summed E-state index contributed by atoms with van der Waals surface area (Å²) in [5.74, 6) is 0.511. The van der Waals surface area contributed by atoms with Gasteiger partial charge in [0, 0.05) is 12.6 Å². The van der Waals surface area contributed by atoms with Crippen LogP contribution in [0.2, 0.25) is 0 Å². The Morgan fingerprint density at radius 1 is 1.05 bits per heavy atom. The van der Waals surface area contributed by atoms with Crippen molar-refractivity contribution in [3.05, 3.63) is 33.9 Å². The van der Waals surface area contributed by atoms with Gasteiger partial charge in [-0.05, 0) is 87.4 Å². The van der Waals surface area contributed by atoms with Crippen molar-refractivity contribution in [2.45, 2.75) is 59.4 Å². The zero-order valence-corrected chi connectivity index (χ0v) is 13.8. The van der Waals surface area contributed by atoms with Gasteiger partial charge in [0.25, 0.3) is 0 Å². The van der Waals surface area contributed by atoms with Crippen LogP contribution in [0.15, 0.2) is 6.07 Å². The molecular formula is C18H30N2. The van der Waals surface area contributed by atoms with Crippen molar-refractivity contribution in [3.63, 3.8) is 0 Å². The molecule has 2 nitrogen and oxygen atoms in total. The normalized spacial score (nSPS) is 19.3. The quantitative estimate of drug-likeness (QED) is 0.911. The van der Waals surface area contributed by atoms with Crippen LogP contribution in [0.1, 0.15) is 53.5 Å². The van der Waals surface area contributed by atoms with E-state index >= 15 is 0 Å². The summed E-state index contributed by atoms with van der Waals surface area (Å²) in [5.41, 5.74) is 13.4. The first-order valence-corrected chi connectivity index (χ1v) is 7.98. The molecule has 2 rings (SSSR count). The lowest BCUT2D eigenvalue weighted by molar-refractivity contribution is 0.220. The lowest BCUT2D eigenvalue weighted by atomic mass is 9.83. The van der Waals surface area contributed by atoms with Gasteiger partial charge in [-0.3, -0.25) is 4.90 Å². The van der Waals surface area contributed by atoms with Crippen LogP contribution in [0, 0.1) is 27.7 Å². The van der Waals surface area contributed by atoms with Gasteiger partial charge in [0.2, 0.25) is 0 Å². The van der Waals surface area contributed by atoms with E-state index in [1.807, 2.05) is 0 Å². The molecule has 1 aliphatic heterocycles. The fourth-order valence-electron chi connectivity index (χ4n) is 3.87. The molecule has 0 aromatic heterocycles. The highest BCUT2D eigenvalue weighted by Gasteiger charge is 2.28. The summed E-state index contributed by atoms with van der Waals surface area (Å²) in [4.78, 5) is 2.60. The van der Waals surface area contributed by atoms with Crippen molar-refractivity contribution in [2.75, 3.05) is 19.6 Å². The van der Waals surface area contributed by atoms with Gasteiger partial charge in [0.05, 0.1) is 0 Å². The van der Waals surface area contributed by atoms with Crippen molar-refractivity contribution in [1.29, 1.82) is 0 Å². The summed E-state index contributed by atoms with van der Waals surface area (Å²) < 4.78 is 0. The Bertz CT molecular complexity index is 447. The minimum Gasteiger partial charge on any atom is -0.329 e. The maximum Gasteiger partial charge on any atom is 0.0284 e. The van der Waals surface area contributed by atoms with E-state index in [4.69, 9.17) is 5.73 Å². The van der Waals surface area contributed by atoms with Crippen LogP contribution in [0.4, 0.5) is 0 Å². The smallest absolute Gasteiger partial charge is 0.0284 e. The minimum absolute atomic E-state index is 0.482. The molecule has 1 saturated heterocycles. The predicted molar refractivity (Wildman–Crippen MR) is 87.5 cm³/mol. The van der Waals surface area contributed by atoms with Crippen molar-refractivity contribution in [3.8, 4) is 0 Å². The molecule has 0 radical (unpaired) electrons. The van der Waals surface area contributed by atoms with E-state index in [2.05, 4.69) is 45.6 Å². The van der Waals surface area contributed by atoms with E-state index in [0.29, 0.717) is 12.0 Å². The molecule has 1 aliphatic rings. The lowest BCUT2D eigenvalue weighted by Crippen LogP contribution is -2.42. The van der Waals surface area contributed by atoms with Crippen molar-refractivity contribution < 1.29 is 0 Å². The SMILES string of the molecule is Cc1cc(C)c(C)c(C(C)C(CN)N2CCCC2)c1C. The third-order valence-corrected chi connectivity index (χ3v) is 5.31. The summed E-state index contributed by atoms with van der Waals surface area (Å²) >= 11 is 0. The number of likely N-dealkylation sites (tertiary alicyclic amines) is 1. The molecule has 2 atom stereocenters. The van der Waals surface area contributed by atoms with E-state index in [0.717, 1.165) is 6.54 Å². The monoisotopic (exact) mass is 274 g/mol. The zero-order valence-electron chi connectivity index (χ0n) is 13.8. The van der Waals surface area contributed by atoms with Gasteiger partial charge < -0.3 is 5.73 Å². The van der Waals surface area contributed by atoms with Gasteiger partial charge in [-0.15, -0.1) is 0 Å². The molecule has 1 heterocycles. The summed E-state index contributed by atoms with van der Waals surface area (Å²) in [6.45, 7) is 14.5. The van der Waals surface area contributed by atoms with Crippen LogP contribution in [0.25, 0.3) is 0 Å². The first-order chi connectivity index (χ1) is 9.47. The van der Waals surface area contributed by atoms with Crippen molar-refractivity contribution >= 4 is 0 Å². The third-order valence-electron chi connectivity index (χ3n) is 5.31. The van der Waals surface area contributed by atoms with E-state index in [1.165, 1.54) is 53.7 Å². The number of benzene rings is 1. The molecule has 0 bridgehead atoms. The summed E-state index contributed by atoms with van der Waals surface area (Å²) in [5, 5.41) is 0. The fourth-order valence-corrected chi connectivity index (χ4v) is 3.87. The molecule has 2 unspecified atom stereocenters. The molecule has 2 heteroatoms. The van der Waals surface area contributed by atoms with Gasteiger partial charge in [0.15, 0.2) is 0 Å². The highest BCUT2D eigenvalue weighted by atomic mass is 15.2. The average Bonchev–Trinajstić information content (AvgIpc) is 2.91. The maximum atomic E-state index is 6.13. The van der Waals surface area contributed by atoms with Crippen LogP contribution in [0.3, 0.4) is 0 Å². The molecule has 1 aromatic carbocycles. The van der Waals surface area contributed by atoms with Crippen LogP contribution >= 0.6 is 0 Å². The first-order valence-electron chi connectivity index (χ1n) is 7.98. The van der Waals surface area contributed by atoms with Crippen LogP contribution in [-0.2, 0) is 0 Å². The molecule has 20 heavy (non-hydrogen) atoms. The van der Waals surface area contributed by atoms with Crippen molar-refractivity contribution in [2.24, 2.45) is 5.73 Å². The second kappa shape index (κ2) is 6.28. The second-order valence-electron chi connectivity index (χ2n) is 6.51. The summed E-state index contributed by atoms with van der Waals surface area (Å²) in [7, 11) is 0. The Kier molecular flexibility index (Phi) is 4.87. The predicted octanol–water partition coefficient (Wildman–Crippen LogP) is 3.45. The summed E-state index contributed by atoms with van der Waals surface area (Å²) in [6.07, 6.45) is 2.65. The van der Waals surface area contributed by atoms with E-state index in [1.54, 1.807) is 0 Å². The van der Waals surface area contributed by atoms with E-state index in [9.17, 15) is 0 Å². The number of nitrogens with zero attached hydrogens (tertiary/aromatic N) is 1. The third kappa shape index (κ3) is 2.77. The topological polar surface area (TPSA) is 29.3 Å². The molecule has 0 aliphatic carbocycles. The molecule has 0 amide bonds. The Morgan fingerprint density at radius 2 is 1.55 bits per heavy atom. The van der Waals surface area contributed by atoms with Crippen LogP contribution in [-0.4, -0.2) is 30.6 Å². The second-order valence-corrected chi connectivity index (χ2v) is 6.51. The Balaban J connectivity index is 2.38. The maximum absolute atomic E-state index is 6.13. The summed E-state index contributed by atoms with van der Waals surface area (Å²) in [6, 6.07) is 2.80.